The van der Waals surface area contributed by atoms with Gasteiger partial charge in [0.2, 0.25) is 0 Å². The number of nitrogens with zero attached hydrogens (tertiary/aromatic N) is 1. The third-order valence-corrected chi connectivity index (χ3v) is 4.07. The van der Waals surface area contributed by atoms with E-state index in [9.17, 15) is 4.39 Å². The summed E-state index contributed by atoms with van der Waals surface area (Å²) in [6, 6.07) is 12.0. The molecule has 0 aliphatic rings. The predicted molar refractivity (Wildman–Crippen MR) is 85.8 cm³/mol. The minimum atomic E-state index is -0.256. The number of anilines is 1. The summed E-state index contributed by atoms with van der Waals surface area (Å²) in [7, 11) is 1.92. The van der Waals surface area contributed by atoms with Gasteiger partial charge in [-0.2, -0.15) is 0 Å². The van der Waals surface area contributed by atoms with Gasteiger partial charge in [0.25, 0.3) is 0 Å². The fourth-order valence-electron chi connectivity index (χ4n) is 2.12. The highest BCUT2D eigenvalue weighted by Gasteiger charge is 2.18. The zero-order valence-electron chi connectivity index (χ0n) is 11.0. The van der Waals surface area contributed by atoms with Crippen LogP contribution in [0.3, 0.4) is 0 Å². The van der Waals surface area contributed by atoms with Gasteiger partial charge >= 0.3 is 0 Å². The van der Waals surface area contributed by atoms with Gasteiger partial charge in [-0.15, -0.1) is 0 Å². The maximum atomic E-state index is 13.0. The van der Waals surface area contributed by atoms with Crippen LogP contribution in [-0.2, 0) is 0 Å². The molecule has 2 aromatic rings. The Bertz CT molecular complexity index is 589. The molecule has 0 bridgehead atoms. The lowest BCUT2D eigenvalue weighted by Gasteiger charge is -2.30. The Morgan fingerprint density at radius 3 is 2.45 bits per heavy atom. The summed E-state index contributed by atoms with van der Waals surface area (Å²) in [4.78, 5) is 1.99. The maximum Gasteiger partial charge on any atom is 0.123 e. The molecule has 2 rings (SSSR count). The molecule has 0 radical (unpaired) electrons. The molecule has 1 unspecified atom stereocenters. The fourth-order valence-corrected chi connectivity index (χ4v) is 2.92. The number of hydrogen-bond donors (Lipinski definition) is 1. The van der Waals surface area contributed by atoms with Gasteiger partial charge in [0.1, 0.15) is 5.82 Å². The molecule has 0 spiro atoms. The topological polar surface area (TPSA) is 29.3 Å². The number of halogens is 3. The summed E-state index contributed by atoms with van der Waals surface area (Å²) < 4.78 is 13.9. The van der Waals surface area contributed by atoms with E-state index in [1.807, 2.05) is 30.1 Å². The molecule has 0 saturated heterocycles. The average Bonchev–Trinajstić information content (AvgIpc) is 2.42. The van der Waals surface area contributed by atoms with Crippen molar-refractivity contribution in [2.45, 2.75) is 6.04 Å². The minimum absolute atomic E-state index is 0.0685. The zero-order valence-corrected chi connectivity index (χ0v) is 13.3. The van der Waals surface area contributed by atoms with Crippen molar-refractivity contribution in [1.29, 1.82) is 0 Å². The van der Waals surface area contributed by atoms with E-state index in [0.29, 0.717) is 11.6 Å². The first-order valence-corrected chi connectivity index (χ1v) is 7.33. The highest BCUT2D eigenvalue weighted by molar-refractivity contribution is 9.10. The molecule has 0 amide bonds. The van der Waals surface area contributed by atoms with E-state index in [-0.39, 0.29) is 11.9 Å². The molecule has 0 aromatic heterocycles. The molecule has 0 fully saturated rings. The zero-order chi connectivity index (χ0) is 14.7. The largest absolute Gasteiger partial charge is 0.366 e. The van der Waals surface area contributed by atoms with Gasteiger partial charge in [-0.25, -0.2) is 4.39 Å². The standard InChI is InChI=1S/C15H15BrClFN2/c1-20(12-5-3-11(18)4-6-12)15(9-19)13-7-2-10(16)8-14(13)17/h2-8,15H,9,19H2,1H3. The van der Waals surface area contributed by atoms with Crippen molar-refractivity contribution in [3.8, 4) is 0 Å². The van der Waals surface area contributed by atoms with Crippen LogP contribution in [0.25, 0.3) is 0 Å². The maximum absolute atomic E-state index is 13.0. The number of nitrogens with two attached hydrogens (primary N) is 1. The number of rotatable bonds is 4. The molecule has 0 heterocycles. The third kappa shape index (κ3) is 3.32. The van der Waals surface area contributed by atoms with Crippen molar-refractivity contribution in [3.05, 3.63) is 63.3 Å². The molecule has 5 heteroatoms. The Morgan fingerprint density at radius 2 is 1.90 bits per heavy atom. The second-order valence-electron chi connectivity index (χ2n) is 4.50. The molecular formula is C15H15BrClFN2. The van der Waals surface area contributed by atoms with E-state index < -0.39 is 0 Å². The van der Waals surface area contributed by atoms with Crippen LogP contribution < -0.4 is 10.6 Å². The first-order valence-electron chi connectivity index (χ1n) is 6.16. The van der Waals surface area contributed by atoms with E-state index in [1.54, 1.807) is 12.1 Å². The normalized spacial score (nSPS) is 12.2. The van der Waals surface area contributed by atoms with Gasteiger partial charge in [-0.3, -0.25) is 0 Å². The third-order valence-electron chi connectivity index (χ3n) is 3.25. The van der Waals surface area contributed by atoms with Crippen molar-refractivity contribution < 1.29 is 4.39 Å². The SMILES string of the molecule is CN(c1ccc(F)cc1)C(CN)c1ccc(Br)cc1Cl. The molecule has 2 aromatic carbocycles. The van der Waals surface area contributed by atoms with Crippen LogP contribution in [-0.4, -0.2) is 13.6 Å². The van der Waals surface area contributed by atoms with E-state index in [2.05, 4.69) is 15.9 Å². The van der Waals surface area contributed by atoms with Gasteiger partial charge in [0, 0.05) is 28.8 Å². The smallest absolute Gasteiger partial charge is 0.123 e. The summed E-state index contributed by atoms with van der Waals surface area (Å²) in [6.45, 7) is 0.412. The van der Waals surface area contributed by atoms with Crippen molar-refractivity contribution >= 4 is 33.2 Å². The summed E-state index contributed by atoms with van der Waals surface area (Å²) in [5.74, 6) is -0.256. The molecule has 2 N–H and O–H groups in total. The van der Waals surface area contributed by atoms with E-state index >= 15 is 0 Å². The number of hydrogen-bond acceptors (Lipinski definition) is 2. The Kier molecular flexibility index (Phi) is 5.02. The highest BCUT2D eigenvalue weighted by Crippen LogP contribution is 2.31. The number of likely N-dealkylation sites (N-methyl/N-ethyl adjacent to an activating group) is 1. The summed E-state index contributed by atoms with van der Waals surface area (Å²) in [5, 5.41) is 0.656. The summed E-state index contributed by atoms with van der Waals surface area (Å²) in [5.41, 5.74) is 7.73. The van der Waals surface area contributed by atoms with Crippen LogP contribution in [0.15, 0.2) is 46.9 Å². The average molecular weight is 358 g/mol. The molecule has 1 atom stereocenters. The lowest BCUT2D eigenvalue weighted by Crippen LogP contribution is -2.30. The fraction of sp³-hybridized carbons (Fsp3) is 0.200. The Morgan fingerprint density at radius 1 is 1.25 bits per heavy atom. The first-order chi connectivity index (χ1) is 9.52. The number of benzene rings is 2. The van der Waals surface area contributed by atoms with E-state index in [1.165, 1.54) is 12.1 Å². The second-order valence-corrected chi connectivity index (χ2v) is 5.83. The Balaban J connectivity index is 2.33. The highest BCUT2D eigenvalue weighted by atomic mass is 79.9. The van der Waals surface area contributed by atoms with Crippen LogP contribution >= 0.6 is 27.5 Å². The van der Waals surface area contributed by atoms with Crippen LogP contribution in [0.5, 0.6) is 0 Å². The van der Waals surface area contributed by atoms with Crippen molar-refractivity contribution in [2.24, 2.45) is 5.73 Å². The monoisotopic (exact) mass is 356 g/mol. The van der Waals surface area contributed by atoms with E-state index in [4.69, 9.17) is 17.3 Å². The lowest BCUT2D eigenvalue weighted by molar-refractivity contribution is 0.626. The van der Waals surface area contributed by atoms with Crippen LogP contribution in [0.2, 0.25) is 5.02 Å². The molecule has 0 aliphatic heterocycles. The Hall–Kier alpha value is -1.10. The first kappa shape index (κ1) is 15.3. The van der Waals surface area contributed by atoms with Gasteiger partial charge in [-0.05, 0) is 42.0 Å². The van der Waals surface area contributed by atoms with Gasteiger partial charge < -0.3 is 10.6 Å². The van der Waals surface area contributed by atoms with Gasteiger partial charge in [-0.1, -0.05) is 33.6 Å². The van der Waals surface area contributed by atoms with Crippen LogP contribution in [0.4, 0.5) is 10.1 Å². The van der Waals surface area contributed by atoms with Gasteiger partial charge in [0.05, 0.1) is 6.04 Å². The summed E-state index contributed by atoms with van der Waals surface area (Å²) >= 11 is 9.67. The van der Waals surface area contributed by atoms with Gasteiger partial charge in [0.15, 0.2) is 0 Å². The molecule has 2 nitrogen and oxygen atoms in total. The predicted octanol–water partition coefficient (Wildman–Crippen LogP) is 4.38. The molecule has 0 aliphatic carbocycles. The molecule has 106 valence electrons. The van der Waals surface area contributed by atoms with E-state index in [0.717, 1.165) is 15.7 Å². The quantitative estimate of drug-likeness (QED) is 0.880. The molecule has 20 heavy (non-hydrogen) atoms. The lowest BCUT2D eigenvalue weighted by atomic mass is 10.0. The van der Waals surface area contributed by atoms with Crippen LogP contribution in [0, 0.1) is 5.82 Å². The van der Waals surface area contributed by atoms with Crippen molar-refractivity contribution in [2.75, 3.05) is 18.5 Å². The van der Waals surface area contributed by atoms with Crippen molar-refractivity contribution in [3.63, 3.8) is 0 Å². The molecular weight excluding hydrogens is 343 g/mol. The van der Waals surface area contributed by atoms with Crippen molar-refractivity contribution in [1.82, 2.24) is 0 Å². The minimum Gasteiger partial charge on any atom is -0.366 e. The second kappa shape index (κ2) is 6.57. The Labute approximate surface area is 131 Å². The summed E-state index contributed by atoms with van der Waals surface area (Å²) in [6.07, 6.45) is 0. The van der Waals surface area contributed by atoms with Crippen LogP contribution in [0.1, 0.15) is 11.6 Å². The molecule has 0 saturated carbocycles.